The number of ketones is 1. The van der Waals surface area contributed by atoms with Gasteiger partial charge in [-0.3, -0.25) is 27.9 Å². The van der Waals surface area contributed by atoms with Gasteiger partial charge in [-0.25, -0.2) is 0 Å². The van der Waals surface area contributed by atoms with Gasteiger partial charge < -0.3 is 10.2 Å². The van der Waals surface area contributed by atoms with Crippen molar-refractivity contribution in [3.05, 3.63) is 58.4 Å². The van der Waals surface area contributed by atoms with Gasteiger partial charge in [-0.1, -0.05) is 52.4 Å². The van der Waals surface area contributed by atoms with Gasteiger partial charge in [-0.05, 0) is 131 Å². The van der Waals surface area contributed by atoms with E-state index in [1.54, 1.807) is 45.3 Å². The van der Waals surface area contributed by atoms with Crippen molar-refractivity contribution < 1.29 is 19.2 Å². The monoisotopic (exact) mass is 830 g/mol. The van der Waals surface area contributed by atoms with Crippen molar-refractivity contribution in [2.24, 2.45) is 7.05 Å². The maximum Gasteiger partial charge on any atom is 0.282 e. The summed E-state index contributed by atoms with van der Waals surface area (Å²) in [4.78, 5) is 60.5. The molecule has 0 spiro atoms. The Morgan fingerprint density at radius 3 is 1.54 bits per heavy atom. The van der Waals surface area contributed by atoms with Gasteiger partial charge in [-0.2, -0.15) is 4.37 Å². The van der Waals surface area contributed by atoms with Crippen molar-refractivity contribution in [2.75, 3.05) is 12.8 Å². The van der Waals surface area contributed by atoms with Gasteiger partial charge in [0.15, 0.2) is 10.9 Å². The van der Waals surface area contributed by atoms with Gasteiger partial charge in [0.25, 0.3) is 16.0 Å². The number of nitrogens with zero attached hydrogens (tertiary/aromatic N) is 3. The number of carbonyl (C=O) groups excluding carboxylic acids is 4. The molecule has 0 aromatic carbocycles. The zero-order chi connectivity index (χ0) is 40.5. The molecule has 2 saturated heterocycles. The second-order valence-corrected chi connectivity index (χ2v) is 22.4. The van der Waals surface area contributed by atoms with Crippen LogP contribution in [-0.4, -0.2) is 68.5 Å². The smallest absolute Gasteiger partial charge is 0.282 e. The molecule has 2 aromatic heterocycles. The third kappa shape index (κ3) is 14.5. The van der Waals surface area contributed by atoms with E-state index in [1.807, 2.05) is 62.4 Å². The number of aromatic nitrogens is 2. The zero-order valence-electron chi connectivity index (χ0n) is 33.9. The van der Waals surface area contributed by atoms with Crippen molar-refractivity contribution in [1.29, 1.82) is 0 Å². The molecular formula is C37H58N4O5S6. The minimum Gasteiger partial charge on any atom is -0.341 e. The van der Waals surface area contributed by atoms with E-state index in [-0.39, 0.29) is 31.1 Å². The number of nitrogens with one attached hydrogen (secondary N) is 1. The van der Waals surface area contributed by atoms with Gasteiger partial charge in [0, 0.05) is 63.0 Å². The van der Waals surface area contributed by atoms with Crippen LogP contribution in [0.4, 0.5) is 9.59 Å². The minimum absolute atomic E-state index is 0.0179. The van der Waals surface area contributed by atoms with Gasteiger partial charge >= 0.3 is 0 Å². The van der Waals surface area contributed by atoms with Crippen molar-refractivity contribution in [3.8, 4) is 0 Å². The Morgan fingerprint density at radius 2 is 1.42 bits per heavy atom. The Bertz CT molecular complexity index is 1680. The summed E-state index contributed by atoms with van der Waals surface area (Å²) in [5.41, 5.74) is 4.72. The lowest BCUT2D eigenvalue weighted by atomic mass is 9.90. The summed E-state index contributed by atoms with van der Waals surface area (Å²) in [6.07, 6.45) is 0.663. The van der Waals surface area contributed by atoms with Crippen molar-refractivity contribution >= 4 is 91.5 Å². The molecule has 4 aliphatic rings. The van der Waals surface area contributed by atoms with Crippen LogP contribution in [0.25, 0.3) is 0 Å². The molecule has 6 rings (SSSR count). The number of Topliss-reactive ketones (excluding diaryl/α,β-unsaturated/α-hetero) is 1. The molecule has 2 amide bonds. The molecule has 2 fully saturated rings. The Hall–Kier alpha value is -1.78. The third-order valence-electron chi connectivity index (χ3n) is 9.44. The Morgan fingerprint density at radius 1 is 0.846 bits per heavy atom. The lowest BCUT2D eigenvalue weighted by molar-refractivity contribution is -0.113. The summed E-state index contributed by atoms with van der Waals surface area (Å²) in [6.45, 7) is 30.6. The topological polar surface area (TPSA) is 118 Å². The lowest BCUT2D eigenvalue weighted by Crippen LogP contribution is -2.47. The molecule has 4 aliphatic heterocycles. The number of rotatable bonds is 0. The molecule has 6 heterocycles. The Kier molecular flexibility index (Phi) is 18.8. The van der Waals surface area contributed by atoms with Crippen LogP contribution in [0.1, 0.15) is 104 Å². The number of hydrogen-bond acceptors (Lipinski definition) is 12. The molecule has 0 bridgehead atoms. The molecule has 52 heavy (non-hydrogen) atoms. The lowest BCUT2D eigenvalue weighted by Gasteiger charge is -2.31. The van der Waals surface area contributed by atoms with Crippen molar-refractivity contribution in [1.82, 2.24) is 18.5 Å². The normalized spacial score (nSPS) is 20.8. The number of hydrogen-bond donors (Lipinski definition) is 1. The zero-order valence-corrected chi connectivity index (χ0v) is 38.8. The predicted molar refractivity (Wildman–Crippen MR) is 231 cm³/mol. The molecule has 9 nitrogen and oxygen atoms in total. The summed E-state index contributed by atoms with van der Waals surface area (Å²) in [7, 11) is 3.62. The van der Waals surface area contributed by atoms with Crippen LogP contribution in [0.2, 0.25) is 0 Å². The fourth-order valence-corrected chi connectivity index (χ4v) is 9.45. The highest BCUT2D eigenvalue weighted by molar-refractivity contribution is 8.17. The number of thioether (sulfide) groups is 4. The molecule has 15 heteroatoms. The first kappa shape index (κ1) is 48.2. The van der Waals surface area contributed by atoms with E-state index >= 15 is 0 Å². The van der Waals surface area contributed by atoms with E-state index in [2.05, 4.69) is 58.2 Å². The highest BCUT2D eigenvalue weighted by Gasteiger charge is 2.46. The van der Waals surface area contributed by atoms with Crippen LogP contribution < -0.4 is 10.9 Å². The number of amides is 2. The van der Waals surface area contributed by atoms with E-state index in [1.165, 1.54) is 78.3 Å². The average Bonchev–Trinajstić information content (AvgIpc) is 3.77. The maximum absolute atomic E-state index is 11.1. The van der Waals surface area contributed by atoms with Gasteiger partial charge in [0.1, 0.15) is 0 Å². The number of aryl methyl sites for hydroxylation is 4. The molecule has 1 N–H and O–H groups in total. The highest BCUT2D eigenvalue weighted by atomic mass is 32.2. The summed E-state index contributed by atoms with van der Waals surface area (Å²) in [5, 5.41) is 3.48. The van der Waals surface area contributed by atoms with E-state index in [0.29, 0.717) is 29.1 Å². The molecule has 0 radical (unpaired) electrons. The summed E-state index contributed by atoms with van der Waals surface area (Å²) in [6, 6.07) is 1.98. The molecular weight excluding hydrogens is 773 g/mol. The van der Waals surface area contributed by atoms with Crippen LogP contribution in [-0.2, 0) is 16.6 Å². The van der Waals surface area contributed by atoms with Gasteiger partial charge in [0.05, 0.1) is 11.4 Å². The Balaban J connectivity index is 0.000000313. The second-order valence-electron chi connectivity index (χ2n) is 14.4. The first-order chi connectivity index (χ1) is 23.6. The number of allylic oxidation sites excluding steroid dienone is 4. The molecule has 2 aromatic rings. The molecule has 1 unspecified atom stereocenters. The van der Waals surface area contributed by atoms with E-state index in [9.17, 15) is 24.0 Å². The van der Waals surface area contributed by atoms with Crippen LogP contribution in [0.15, 0.2) is 31.8 Å². The SMILES string of the molecule is CC1(C)NC(=O)SC1(C)C.CC1=C(C)C(=O)CS1.CC1=C(C)SC(=O)C1.CC1N(C)C(=O)SC1(C)C.Cc1cc(=O)n(C)s1.Cc1nsc(C)c1C. The second kappa shape index (κ2) is 20.2. The number of carbonyl (C=O) groups is 4. The quantitative estimate of drug-likeness (QED) is 0.275. The summed E-state index contributed by atoms with van der Waals surface area (Å²) >= 11 is 8.87. The summed E-state index contributed by atoms with van der Waals surface area (Å²) in [5.74, 6) is 0.963. The van der Waals surface area contributed by atoms with Crippen LogP contribution >= 0.6 is 70.1 Å². The molecule has 292 valence electrons. The largest absolute Gasteiger partial charge is 0.341 e. The van der Waals surface area contributed by atoms with Crippen LogP contribution in [0, 0.1) is 27.7 Å². The Labute approximate surface area is 336 Å². The highest BCUT2D eigenvalue weighted by Crippen LogP contribution is 2.41. The fourth-order valence-electron chi connectivity index (χ4n) is 4.10. The average molecular weight is 831 g/mol. The first-order valence-corrected chi connectivity index (χ1v) is 21.8. The standard InChI is InChI=1S/2C7H13NOS.C6H9NS.2C6H8OS.C5H7NOS/c1-6(2)7(3,4)10-5(9)8-6;1-5-7(2,3)10-6(9)8(5)4;1-4-5(2)7-8-6(4)3;1-4-5(2)8-3-6(4)7;1-4-3-6(7)8-5(4)2;1-4-3-5(7)6(2)8-4/h1-4H3,(H,8,9);5H,1-4H3;1-3H3;2*3H2,1-2H3;3H,1-2H3. The maximum atomic E-state index is 11.1. The summed E-state index contributed by atoms with van der Waals surface area (Å²) < 4.78 is 5.87. The van der Waals surface area contributed by atoms with E-state index in [0.717, 1.165) is 10.5 Å². The minimum atomic E-state index is -0.0747. The van der Waals surface area contributed by atoms with Crippen LogP contribution in [0.3, 0.4) is 0 Å². The molecule has 0 aliphatic carbocycles. The molecule has 0 saturated carbocycles. The van der Waals surface area contributed by atoms with E-state index in [4.69, 9.17) is 0 Å². The van der Waals surface area contributed by atoms with Crippen molar-refractivity contribution in [2.45, 2.75) is 131 Å². The molecule has 1 atom stereocenters. The fraction of sp³-hybridized carbons (Fsp3) is 0.622. The van der Waals surface area contributed by atoms with Gasteiger partial charge in [0.2, 0.25) is 0 Å². The van der Waals surface area contributed by atoms with Crippen LogP contribution in [0.5, 0.6) is 0 Å². The van der Waals surface area contributed by atoms with Gasteiger partial charge in [-0.15, -0.1) is 11.8 Å². The third-order valence-corrected chi connectivity index (χ3v) is 16.1. The first-order valence-electron chi connectivity index (χ1n) is 16.8. The van der Waals surface area contributed by atoms with E-state index < -0.39 is 0 Å². The predicted octanol–water partition coefficient (Wildman–Crippen LogP) is 10.3. The van der Waals surface area contributed by atoms with Crippen molar-refractivity contribution in [3.63, 3.8) is 0 Å².